The lowest BCUT2D eigenvalue weighted by Crippen LogP contribution is -2.22. The van der Waals surface area contributed by atoms with E-state index in [4.69, 9.17) is 11.6 Å². The van der Waals surface area contributed by atoms with Crippen LogP contribution in [0.15, 0.2) is 34.1 Å². The third-order valence-electron chi connectivity index (χ3n) is 2.58. The fraction of sp³-hybridized carbons (Fsp3) is 0.231. The fourth-order valence-electron chi connectivity index (χ4n) is 1.80. The van der Waals surface area contributed by atoms with E-state index in [2.05, 4.69) is 68.3 Å². The maximum atomic E-state index is 6.12. The van der Waals surface area contributed by atoms with Crippen molar-refractivity contribution in [1.82, 2.24) is 5.32 Å². The van der Waals surface area contributed by atoms with Crippen LogP contribution in [0.5, 0.6) is 0 Å². The lowest BCUT2D eigenvalue weighted by molar-refractivity contribution is 0.635. The first kappa shape index (κ1) is 14.8. The van der Waals surface area contributed by atoms with E-state index in [1.54, 1.807) is 11.3 Å². The maximum Gasteiger partial charge on any atom is 0.0693 e. The molecule has 1 aromatic carbocycles. The van der Waals surface area contributed by atoms with Crippen molar-refractivity contribution in [1.29, 1.82) is 0 Å². The molecule has 0 radical (unpaired) electrons. The smallest absolute Gasteiger partial charge is 0.0693 e. The second-order valence-electron chi connectivity index (χ2n) is 3.79. The van der Waals surface area contributed by atoms with Crippen molar-refractivity contribution in [3.63, 3.8) is 0 Å². The Morgan fingerprint density at radius 2 is 2.22 bits per heavy atom. The van der Waals surface area contributed by atoms with Crippen molar-refractivity contribution in [2.75, 3.05) is 6.54 Å². The summed E-state index contributed by atoms with van der Waals surface area (Å²) >= 11 is 13.8. The molecule has 1 nitrogen and oxygen atoms in total. The Morgan fingerprint density at radius 3 is 2.83 bits per heavy atom. The third kappa shape index (κ3) is 3.28. The summed E-state index contributed by atoms with van der Waals surface area (Å²) in [5.74, 6) is 0. The van der Waals surface area contributed by atoms with Crippen molar-refractivity contribution < 1.29 is 0 Å². The van der Waals surface area contributed by atoms with Gasteiger partial charge in [-0.1, -0.05) is 18.5 Å². The first-order chi connectivity index (χ1) is 8.63. The van der Waals surface area contributed by atoms with Crippen LogP contribution in [0.1, 0.15) is 23.4 Å². The first-order valence-corrected chi connectivity index (χ1v) is 8.67. The number of nitrogens with one attached hydrogen (secondary N) is 1. The van der Waals surface area contributed by atoms with E-state index in [1.165, 1.54) is 14.0 Å². The number of halogens is 3. The molecule has 1 heterocycles. The molecule has 0 saturated carbocycles. The fourth-order valence-corrected chi connectivity index (χ4v) is 4.32. The molecule has 1 atom stereocenters. The number of benzene rings is 1. The van der Waals surface area contributed by atoms with Crippen LogP contribution in [-0.2, 0) is 0 Å². The monoisotopic (exact) mass is 455 g/mol. The van der Waals surface area contributed by atoms with Gasteiger partial charge in [0.2, 0.25) is 0 Å². The topological polar surface area (TPSA) is 12.0 Å². The molecule has 0 aliphatic heterocycles. The van der Waals surface area contributed by atoms with Crippen molar-refractivity contribution in [3.05, 3.63) is 53.2 Å². The molecule has 0 amide bonds. The minimum atomic E-state index is 0.190. The highest BCUT2D eigenvalue weighted by molar-refractivity contribution is 14.1. The van der Waals surface area contributed by atoms with Gasteiger partial charge in [0.25, 0.3) is 0 Å². The lowest BCUT2D eigenvalue weighted by atomic mass is 10.1. The van der Waals surface area contributed by atoms with Gasteiger partial charge in [-0.25, -0.2) is 0 Å². The predicted molar refractivity (Wildman–Crippen MR) is 91.7 cm³/mol. The number of hydrogen-bond acceptors (Lipinski definition) is 2. The number of hydrogen-bond donors (Lipinski definition) is 1. The van der Waals surface area contributed by atoms with E-state index in [9.17, 15) is 0 Å². The van der Waals surface area contributed by atoms with Crippen molar-refractivity contribution >= 4 is 61.5 Å². The molecular formula is C13H12BrClINS. The van der Waals surface area contributed by atoms with Gasteiger partial charge in [0, 0.05) is 17.9 Å². The molecule has 2 rings (SSSR count). The van der Waals surface area contributed by atoms with Gasteiger partial charge in [-0.3, -0.25) is 0 Å². The summed E-state index contributed by atoms with van der Waals surface area (Å²) in [5, 5.41) is 6.40. The summed E-state index contributed by atoms with van der Waals surface area (Å²) < 4.78 is 2.37. The molecule has 0 bridgehead atoms. The molecule has 1 unspecified atom stereocenters. The van der Waals surface area contributed by atoms with Gasteiger partial charge in [-0.15, -0.1) is 11.3 Å². The Hall–Kier alpha value is 0.380. The van der Waals surface area contributed by atoms with E-state index < -0.39 is 0 Å². The van der Waals surface area contributed by atoms with E-state index >= 15 is 0 Å². The third-order valence-corrected chi connectivity index (χ3v) is 5.74. The Kier molecular flexibility index (Phi) is 5.50. The Bertz CT molecular complexity index is 544. The molecule has 0 spiro atoms. The highest BCUT2D eigenvalue weighted by Crippen LogP contribution is 2.35. The van der Waals surface area contributed by atoms with Crippen LogP contribution in [0.2, 0.25) is 5.02 Å². The average Bonchev–Trinajstić information content (AvgIpc) is 2.76. The Morgan fingerprint density at radius 1 is 1.44 bits per heavy atom. The highest BCUT2D eigenvalue weighted by Gasteiger charge is 2.19. The van der Waals surface area contributed by atoms with Crippen LogP contribution in [-0.4, -0.2) is 6.54 Å². The molecule has 2 aromatic rings. The van der Waals surface area contributed by atoms with Gasteiger partial charge in [-0.05, 0) is 80.3 Å². The second-order valence-corrected chi connectivity index (χ2v) is 7.19. The van der Waals surface area contributed by atoms with E-state index in [-0.39, 0.29) is 6.04 Å². The standard InChI is InChI=1S/C13H12BrClINS/c1-2-17-12(13-10(14)5-6-18-13)9-7-8(15)3-4-11(9)16/h3-7,12,17H,2H2,1H3. The summed E-state index contributed by atoms with van der Waals surface area (Å²) in [6, 6.07) is 8.31. The van der Waals surface area contributed by atoms with Crippen molar-refractivity contribution in [2.24, 2.45) is 0 Å². The van der Waals surface area contributed by atoms with Gasteiger partial charge < -0.3 is 5.32 Å². The highest BCUT2D eigenvalue weighted by atomic mass is 127. The maximum absolute atomic E-state index is 6.12. The van der Waals surface area contributed by atoms with E-state index in [0.29, 0.717) is 0 Å². The lowest BCUT2D eigenvalue weighted by Gasteiger charge is -2.19. The Labute approximate surface area is 138 Å². The normalized spacial score (nSPS) is 12.7. The zero-order valence-electron chi connectivity index (χ0n) is 9.71. The minimum Gasteiger partial charge on any atom is -0.306 e. The summed E-state index contributed by atoms with van der Waals surface area (Å²) in [6.45, 7) is 3.03. The molecule has 96 valence electrons. The molecule has 5 heteroatoms. The summed E-state index contributed by atoms with van der Waals surface area (Å²) in [4.78, 5) is 1.29. The van der Waals surface area contributed by atoms with Gasteiger partial charge in [-0.2, -0.15) is 0 Å². The minimum absolute atomic E-state index is 0.190. The van der Waals surface area contributed by atoms with Crippen LogP contribution in [0.25, 0.3) is 0 Å². The number of rotatable bonds is 4. The van der Waals surface area contributed by atoms with Crippen LogP contribution < -0.4 is 5.32 Å². The molecule has 18 heavy (non-hydrogen) atoms. The number of thiophene rings is 1. The molecule has 0 aliphatic carbocycles. The molecule has 0 aliphatic rings. The SMILES string of the molecule is CCNC(c1cc(Cl)ccc1I)c1sccc1Br. The molecule has 1 N–H and O–H groups in total. The quantitative estimate of drug-likeness (QED) is 0.602. The average molecular weight is 457 g/mol. The van der Waals surface area contributed by atoms with Gasteiger partial charge in [0.05, 0.1) is 6.04 Å². The van der Waals surface area contributed by atoms with Crippen molar-refractivity contribution in [3.8, 4) is 0 Å². The molecule has 1 aromatic heterocycles. The molecule has 0 saturated heterocycles. The van der Waals surface area contributed by atoms with Crippen LogP contribution >= 0.6 is 61.5 Å². The van der Waals surface area contributed by atoms with Gasteiger partial charge >= 0.3 is 0 Å². The Balaban J connectivity index is 2.48. The van der Waals surface area contributed by atoms with Crippen LogP contribution in [0.3, 0.4) is 0 Å². The first-order valence-electron chi connectivity index (χ1n) is 5.54. The van der Waals surface area contributed by atoms with E-state index in [0.717, 1.165) is 16.0 Å². The van der Waals surface area contributed by atoms with Crippen molar-refractivity contribution in [2.45, 2.75) is 13.0 Å². The predicted octanol–water partition coefficient (Wildman–Crippen LogP) is 5.47. The van der Waals surface area contributed by atoms with E-state index in [1.807, 2.05) is 12.1 Å². The molecule has 0 fully saturated rings. The largest absolute Gasteiger partial charge is 0.306 e. The molecular weight excluding hydrogens is 444 g/mol. The second kappa shape index (κ2) is 6.70. The summed E-state index contributed by atoms with van der Waals surface area (Å²) in [7, 11) is 0. The summed E-state index contributed by atoms with van der Waals surface area (Å²) in [6.07, 6.45) is 0. The van der Waals surface area contributed by atoms with Crippen LogP contribution in [0.4, 0.5) is 0 Å². The summed E-state index contributed by atoms with van der Waals surface area (Å²) in [5.41, 5.74) is 1.23. The van der Waals surface area contributed by atoms with Crippen LogP contribution in [0, 0.1) is 3.57 Å². The van der Waals surface area contributed by atoms with Gasteiger partial charge in [0.1, 0.15) is 0 Å². The van der Waals surface area contributed by atoms with Gasteiger partial charge in [0.15, 0.2) is 0 Å². The zero-order chi connectivity index (χ0) is 13.1. The zero-order valence-corrected chi connectivity index (χ0v) is 15.0.